The second-order valence-electron chi connectivity index (χ2n) is 3.84. The Kier molecular flexibility index (Phi) is 4.50. The average Bonchev–Trinajstić information content (AvgIpc) is 2.94. The molecular formula is C13H13N3O5. The summed E-state index contributed by atoms with van der Waals surface area (Å²) in [7, 11) is 0. The number of anilines is 1. The van der Waals surface area contributed by atoms with Gasteiger partial charge in [0.05, 0.1) is 12.9 Å². The highest BCUT2D eigenvalue weighted by molar-refractivity contribution is 5.92. The van der Waals surface area contributed by atoms with E-state index in [-0.39, 0.29) is 36.0 Å². The molecular weight excluding hydrogens is 278 g/mol. The Hall–Kier alpha value is -2.90. The molecule has 0 aromatic carbocycles. The molecule has 110 valence electrons. The molecule has 21 heavy (non-hydrogen) atoms. The number of ether oxygens (including phenoxy) is 2. The smallest absolute Gasteiger partial charge is 0.361 e. The van der Waals surface area contributed by atoms with E-state index >= 15 is 0 Å². The monoisotopic (exact) mass is 291 g/mol. The van der Waals surface area contributed by atoms with Gasteiger partial charge >= 0.3 is 11.9 Å². The van der Waals surface area contributed by atoms with Crippen molar-refractivity contribution in [1.82, 2.24) is 9.97 Å². The van der Waals surface area contributed by atoms with Crippen LogP contribution in [-0.4, -0.2) is 28.5 Å². The van der Waals surface area contributed by atoms with E-state index < -0.39 is 11.9 Å². The topological polar surface area (TPSA) is 118 Å². The van der Waals surface area contributed by atoms with Crippen LogP contribution in [0.3, 0.4) is 0 Å². The van der Waals surface area contributed by atoms with Crippen molar-refractivity contribution in [1.29, 1.82) is 0 Å². The molecule has 0 unspecified atom stereocenters. The van der Waals surface area contributed by atoms with E-state index in [1.807, 2.05) is 0 Å². The summed E-state index contributed by atoms with van der Waals surface area (Å²) in [5, 5.41) is 0. The summed E-state index contributed by atoms with van der Waals surface area (Å²) in [6.07, 6.45) is 3.99. The fraction of sp³-hybridized carbons (Fsp3) is 0.231. The van der Waals surface area contributed by atoms with E-state index in [4.69, 9.17) is 19.6 Å². The molecule has 2 aromatic rings. The lowest BCUT2D eigenvalue weighted by Gasteiger charge is -2.05. The van der Waals surface area contributed by atoms with Crippen molar-refractivity contribution in [3.63, 3.8) is 0 Å². The fourth-order valence-electron chi connectivity index (χ4n) is 1.55. The number of nitrogens with two attached hydrogens (primary N) is 1. The number of aromatic nitrogens is 2. The molecule has 0 spiro atoms. The minimum Gasteiger partial charge on any atom is -0.465 e. The van der Waals surface area contributed by atoms with Gasteiger partial charge < -0.3 is 19.6 Å². The zero-order valence-electron chi connectivity index (χ0n) is 11.2. The van der Waals surface area contributed by atoms with Crippen molar-refractivity contribution in [3.05, 3.63) is 41.7 Å². The van der Waals surface area contributed by atoms with Crippen LogP contribution in [0.5, 0.6) is 0 Å². The van der Waals surface area contributed by atoms with Crippen LogP contribution in [-0.2, 0) is 16.1 Å². The van der Waals surface area contributed by atoms with Gasteiger partial charge in [-0.05, 0) is 13.0 Å². The molecule has 0 atom stereocenters. The van der Waals surface area contributed by atoms with Crippen LogP contribution < -0.4 is 5.73 Å². The average molecular weight is 291 g/mol. The van der Waals surface area contributed by atoms with Gasteiger partial charge in [0.25, 0.3) is 0 Å². The number of nitrogen functional groups attached to an aromatic ring is 1. The Labute approximate surface area is 119 Å². The van der Waals surface area contributed by atoms with Crippen LogP contribution >= 0.6 is 0 Å². The van der Waals surface area contributed by atoms with Gasteiger partial charge in [0.1, 0.15) is 5.56 Å². The Morgan fingerprint density at radius 1 is 1.24 bits per heavy atom. The second-order valence-corrected chi connectivity index (χ2v) is 3.84. The standard InChI is InChI=1S/C13H13N3O5/c1-2-19-12(17)8-3-6-20-9(8)7-21-13(18)10-11(14)16-5-4-15-10/h3-6H,2,7H2,1H3,(H2,14,16). The van der Waals surface area contributed by atoms with Crippen molar-refractivity contribution in [2.75, 3.05) is 12.3 Å². The number of carbonyl (C=O) groups is 2. The lowest BCUT2D eigenvalue weighted by molar-refractivity contribution is 0.0418. The molecule has 0 aliphatic rings. The predicted molar refractivity (Wildman–Crippen MR) is 70.2 cm³/mol. The third-order valence-corrected chi connectivity index (χ3v) is 2.50. The highest BCUT2D eigenvalue weighted by Crippen LogP contribution is 2.15. The number of rotatable bonds is 5. The molecule has 2 aromatic heterocycles. The van der Waals surface area contributed by atoms with Gasteiger partial charge in [-0.15, -0.1) is 0 Å². The third-order valence-electron chi connectivity index (χ3n) is 2.50. The number of carbonyl (C=O) groups excluding carboxylic acids is 2. The lowest BCUT2D eigenvalue weighted by atomic mass is 10.2. The van der Waals surface area contributed by atoms with Gasteiger partial charge in [0, 0.05) is 12.4 Å². The summed E-state index contributed by atoms with van der Waals surface area (Å²) >= 11 is 0. The Morgan fingerprint density at radius 3 is 2.71 bits per heavy atom. The van der Waals surface area contributed by atoms with Crippen LogP contribution in [0.2, 0.25) is 0 Å². The van der Waals surface area contributed by atoms with Gasteiger partial charge in [-0.3, -0.25) is 0 Å². The maximum Gasteiger partial charge on any atom is 0.361 e. The van der Waals surface area contributed by atoms with Crippen LogP contribution in [0.15, 0.2) is 29.1 Å². The molecule has 0 fully saturated rings. The van der Waals surface area contributed by atoms with Crippen molar-refractivity contribution >= 4 is 17.8 Å². The lowest BCUT2D eigenvalue weighted by Crippen LogP contribution is -2.13. The molecule has 0 saturated heterocycles. The summed E-state index contributed by atoms with van der Waals surface area (Å²) in [5.74, 6) is -1.15. The normalized spacial score (nSPS) is 10.1. The minimum atomic E-state index is -0.758. The first kappa shape index (κ1) is 14.5. The maximum absolute atomic E-state index is 11.8. The summed E-state index contributed by atoms with van der Waals surface area (Å²) < 4.78 is 15.0. The second kappa shape index (κ2) is 6.51. The van der Waals surface area contributed by atoms with Crippen molar-refractivity contribution in [2.45, 2.75) is 13.5 Å². The molecule has 0 radical (unpaired) electrons. The molecule has 0 amide bonds. The van der Waals surface area contributed by atoms with E-state index in [1.54, 1.807) is 6.92 Å². The molecule has 0 aliphatic carbocycles. The van der Waals surface area contributed by atoms with E-state index in [0.717, 1.165) is 0 Å². The van der Waals surface area contributed by atoms with Crippen molar-refractivity contribution in [3.8, 4) is 0 Å². The maximum atomic E-state index is 11.8. The van der Waals surface area contributed by atoms with Gasteiger partial charge in [-0.25, -0.2) is 19.6 Å². The van der Waals surface area contributed by atoms with Gasteiger partial charge in [0.15, 0.2) is 23.9 Å². The molecule has 8 heteroatoms. The molecule has 8 nitrogen and oxygen atoms in total. The van der Waals surface area contributed by atoms with Crippen LogP contribution in [0.25, 0.3) is 0 Å². The molecule has 0 aliphatic heterocycles. The molecule has 0 bridgehead atoms. The summed E-state index contributed by atoms with van der Waals surface area (Å²) in [5.41, 5.74) is 5.63. The predicted octanol–water partition coefficient (Wildman–Crippen LogP) is 1.19. The van der Waals surface area contributed by atoms with E-state index in [2.05, 4.69) is 9.97 Å². The van der Waals surface area contributed by atoms with Gasteiger partial charge in [-0.2, -0.15) is 0 Å². The molecule has 0 saturated carbocycles. The SMILES string of the molecule is CCOC(=O)c1ccoc1COC(=O)c1nccnc1N. The molecule has 2 heterocycles. The van der Waals surface area contributed by atoms with Crippen LogP contribution in [0, 0.1) is 0 Å². The number of esters is 2. The number of hydrogen-bond donors (Lipinski definition) is 1. The first-order chi connectivity index (χ1) is 10.1. The summed E-state index contributed by atoms with van der Waals surface area (Å²) in [6.45, 7) is 1.68. The molecule has 2 rings (SSSR count). The van der Waals surface area contributed by atoms with Gasteiger partial charge in [0.2, 0.25) is 0 Å². The van der Waals surface area contributed by atoms with E-state index in [9.17, 15) is 9.59 Å². The Balaban J connectivity index is 2.04. The van der Waals surface area contributed by atoms with Crippen molar-refractivity contribution < 1.29 is 23.5 Å². The van der Waals surface area contributed by atoms with Crippen LogP contribution in [0.4, 0.5) is 5.82 Å². The quantitative estimate of drug-likeness (QED) is 0.816. The Bertz CT molecular complexity index is 653. The first-order valence-corrected chi connectivity index (χ1v) is 6.10. The minimum absolute atomic E-state index is 0.0347. The highest BCUT2D eigenvalue weighted by Gasteiger charge is 2.19. The zero-order chi connectivity index (χ0) is 15.2. The van der Waals surface area contributed by atoms with Crippen LogP contribution in [0.1, 0.15) is 33.5 Å². The fourth-order valence-corrected chi connectivity index (χ4v) is 1.55. The largest absolute Gasteiger partial charge is 0.465 e. The zero-order valence-corrected chi connectivity index (χ0v) is 11.2. The first-order valence-electron chi connectivity index (χ1n) is 6.10. The number of nitrogens with zero attached hydrogens (tertiary/aromatic N) is 2. The number of furan rings is 1. The Morgan fingerprint density at radius 2 is 2.00 bits per heavy atom. The highest BCUT2D eigenvalue weighted by atomic mass is 16.5. The summed E-state index contributed by atoms with van der Waals surface area (Å²) in [6, 6.07) is 1.44. The summed E-state index contributed by atoms with van der Waals surface area (Å²) in [4.78, 5) is 30.9. The molecule has 2 N–H and O–H groups in total. The van der Waals surface area contributed by atoms with Gasteiger partial charge in [-0.1, -0.05) is 0 Å². The third kappa shape index (κ3) is 3.35. The van der Waals surface area contributed by atoms with E-state index in [1.165, 1.54) is 24.7 Å². The van der Waals surface area contributed by atoms with E-state index in [0.29, 0.717) is 0 Å². The number of hydrogen-bond acceptors (Lipinski definition) is 8. The van der Waals surface area contributed by atoms with Crippen molar-refractivity contribution in [2.24, 2.45) is 0 Å².